The quantitative estimate of drug-likeness (QED) is 0.313. The first-order valence-electron chi connectivity index (χ1n) is 12.3. The molecule has 0 aromatic rings. The Bertz CT molecular complexity index is 845. The van der Waals surface area contributed by atoms with E-state index >= 15 is 0 Å². The van der Waals surface area contributed by atoms with Crippen molar-refractivity contribution in [1.29, 1.82) is 0 Å². The lowest BCUT2D eigenvalue weighted by molar-refractivity contribution is -0.152. The molecule has 4 heterocycles. The van der Waals surface area contributed by atoms with Gasteiger partial charge in [-0.1, -0.05) is 38.0 Å². The van der Waals surface area contributed by atoms with Crippen molar-refractivity contribution in [2.75, 3.05) is 32.8 Å². The second-order valence-electron chi connectivity index (χ2n) is 9.74. The maximum atomic E-state index is 14.0. The topological polar surface area (TPSA) is 87.2 Å². The summed E-state index contributed by atoms with van der Waals surface area (Å²) in [6.07, 6.45) is 13.2. The molecule has 0 saturated carbocycles. The van der Waals surface area contributed by atoms with Crippen molar-refractivity contribution in [2.24, 2.45) is 11.8 Å². The van der Waals surface area contributed by atoms with Gasteiger partial charge in [-0.15, -0.1) is 11.8 Å². The molecule has 7 nitrogen and oxygen atoms in total. The number of carbonyl (C=O) groups excluding carboxylic acids is 3. The maximum absolute atomic E-state index is 14.0. The Morgan fingerprint density at radius 2 is 1.82 bits per heavy atom. The molecule has 1 spiro atoms. The van der Waals surface area contributed by atoms with Crippen LogP contribution in [0.15, 0.2) is 24.3 Å². The van der Waals surface area contributed by atoms with Gasteiger partial charge in [0.2, 0.25) is 11.8 Å². The molecule has 4 aliphatic heterocycles. The number of fused-ring (bicyclic) bond motifs is 2. The Labute approximate surface area is 200 Å². The van der Waals surface area contributed by atoms with E-state index in [2.05, 4.69) is 13.0 Å². The van der Waals surface area contributed by atoms with Gasteiger partial charge in [-0.25, -0.2) is 0 Å². The van der Waals surface area contributed by atoms with Crippen molar-refractivity contribution in [3.8, 4) is 0 Å². The molecule has 4 aliphatic rings. The number of hydrogen-bond donors (Lipinski definition) is 1. The summed E-state index contributed by atoms with van der Waals surface area (Å²) >= 11 is 1.59. The number of aliphatic hydroxyl groups is 1. The smallest absolute Gasteiger partial charge is 0.311 e. The lowest BCUT2D eigenvalue weighted by Gasteiger charge is -2.36. The van der Waals surface area contributed by atoms with Crippen LogP contribution >= 0.6 is 11.8 Å². The van der Waals surface area contributed by atoms with Gasteiger partial charge in [-0.05, 0) is 38.7 Å². The molecule has 0 radical (unpaired) electrons. The SMILES string of the molecule is CCCCCN1CC=C[C@]23S[C@@]4(C)C=CCOC(=O)[C@H]4[C@H]2C(=O)N(CCCCCO)C3C1=O. The van der Waals surface area contributed by atoms with E-state index in [9.17, 15) is 14.4 Å². The van der Waals surface area contributed by atoms with E-state index in [1.165, 1.54) is 0 Å². The summed E-state index contributed by atoms with van der Waals surface area (Å²) < 4.78 is 4.06. The molecular formula is C25H36N2O5S. The fourth-order valence-corrected chi connectivity index (χ4v) is 8.12. The van der Waals surface area contributed by atoms with E-state index in [0.717, 1.165) is 32.1 Å². The van der Waals surface area contributed by atoms with Gasteiger partial charge < -0.3 is 19.6 Å². The van der Waals surface area contributed by atoms with E-state index in [1.54, 1.807) is 16.7 Å². The van der Waals surface area contributed by atoms with Crippen LogP contribution in [0.25, 0.3) is 0 Å². The van der Waals surface area contributed by atoms with Crippen molar-refractivity contribution >= 4 is 29.5 Å². The number of unbranched alkanes of at least 4 members (excludes halogenated alkanes) is 4. The van der Waals surface area contributed by atoms with E-state index in [4.69, 9.17) is 9.84 Å². The highest BCUT2D eigenvalue weighted by Gasteiger charge is 2.73. The van der Waals surface area contributed by atoms with Crippen molar-refractivity contribution < 1.29 is 24.2 Å². The number of nitrogens with zero attached hydrogens (tertiary/aromatic N) is 2. The van der Waals surface area contributed by atoms with E-state index < -0.39 is 27.4 Å². The molecule has 0 bridgehead atoms. The van der Waals surface area contributed by atoms with Gasteiger partial charge in [-0.3, -0.25) is 14.4 Å². The Morgan fingerprint density at radius 1 is 1.03 bits per heavy atom. The first-order valence-corrected chi connectivity index (χ1v) is 13.1. The molecule has 0 aromatic carbocycles. The first kappa shape index (κ1) is 24.3. The van der Waals surface area contributed by atoms with Gasteiger partial charge >= 0.3 is 5.97 Å². The zero-order valence-electron chi connectivity index (χ0n) is 19.7. The fraction of sp³-hybridized carbons (Fsp3) is 0.720. The molecule has 182 valence electrons. The van der Waals surface area contributed by atoms with Crippen molar-refractivity contribution in [1.82, 2.24) is 9.80 Å². The minimum Gasteiger partial charge on any atom is -0.461 e. The molecule has 0 aliphatic carbocycles. The van der Waals surface area contributed by atoms with Crippen LogP contribution in [-0.4, -0.2) is 81.1 Å². The van der Waals surface area contributed by atoms with Crippen LogP contribution in [0.4, 0.5) is 0 Å². The Morgan fingerprint density at radius 3 is 2.58 bits per heavy atom. The largest absolute Gasteiger partial charge is 0.461 e. The highest BCUT2D eigenvalue weighted by Crippen LogP contribution is 2.65. The van der Waals surface area contributed by atoms with Crippen molar-refractivity contribution in [3.63, 3.8) is 0 Å². The Hall–Kier alpha value is -1.80. The molecular weight excluding hydrogens is 440 g/mol. The zero-order chi connectivity index (χ0) is 23.6. The average molecular weight is 477 g/mol. The number of cyclic esters (lactones) is 1. The molecule has 1 N–H and O–H groups in total. The molecule has 33 heavy (non-hydrogen) atoms. The second kappa shape index (κ2) is 9.82. The summed E-state index contributed by atoms with van der Waals surface area (Å²) in [5.74, 6) is -1.73. The first-order chi connectivity index (χ1) is 15.9. The van der Waals surface area contributed by atoms with Crippen LogP contribution in [0, 0.1) is 11.8 Å². The molecule has 1 unspecified atom stereocenters. The highest BCUT2D eigenvalue weighted by molar-refractivity contribution is 8.02. The number of thioether (sulfide) groups is 1. The normalized spacial score (nSPS) is 35.2. The number of carbonyl (C=O) groups is 3. The van der Waals surface area contributed by atoms with Gasteiger partial charge in [0.25, 0.3) is 0 Å². The predicted molar refractivity (Wildman–Crippen MR) is 127 cm³/mol. The number of aliphatic hydroxyl groups excluding tert-OH is 1. The third-order valence-corrected chi connectivity index (χ3v) is 9.28. The number of hydrogen-bond acceptors (Lipinski definition) is 6. The minimum atomic E-state index is -0.787. The predicted octanol–water partition coefficient (Wildman–Crippen LogP) is 2.54. The molecule has 0 aromatic heterocycles. The number of likely N-dealkylation sites (tertiary alicyclic amines) is 1. The van der Waals surface area contributed by atoms with Gasteiger partial charge in [0.15, 0.2) is 0 Å². The number of esters is 1. The van der Waals surface area contributed by atoms with Crippen molar-refractivity contribution in [3.05, 3.63) is 24.3 Å². The van der Waals surface area contributed by atoms with E-state index in [1.807, 2.05) is 30.1 Å². The fourth-order valence-electron chi connectivity index (χ4n) is 5.97. The van der Waals surface area contributed by atoms with Crippen LogP contribution in [0.5, 0.6) is 0 Å². The third kappa shape index (κ3) is 4.14. The summed E-state index contributed by atoms with van der Waals surface area (Å²) in [6.45, 7) is 6.13. The van der Waals surface area contributed by atoms with Gasteiger partial charge in [-0.2, -0.15) is 0 Å². The summed E-state index contributed by atoms with van der Waals surface area (Å²) in [5, 5.41) is 9.15. The summed E-state index contributed by atoms with van der Waals surface area (Å²) in [7, 11) is 0. The van der Waals surface area contributed by atoms with Gasteiger partial charge in [0.1, 0.15) is 12.6 Å². The standard InChI is InChI=1S/C25H36N2O5S/c1-3-4-6-13-26-14-9-12-25-18(19-23(31)32-17-10-11-24(19,2)33-25)21(29)27(20(25)22(26)30)15-7-5-8-16-28/h9-12,18-20,28H,3-8,13-17H2,1-2H3/t18-,19+,20?,24-,25-/m0/s1. The van der Waals surface area contributed by atoms with E-state index in [-0.39, 0.29) is 31.0 Å². The molecule has 2 saturated heterocycles. The molecule has 2 fully saturated rings. The Balaban J connectivity index is 1.72. The van der Waals surface area contributed by atoms with Crippen LogP contribution in [-0.2, 0) is 19.1 Å². The Kier molecular flexibility index (Phi) is 7.24. The zero-order valence-corrected chi connectivity index (χ0v) is 20.5. The molecule has 4 rings (SSSR count). The third-order valence-electron chi connectivity index (χ3n) is 7.48. The van der Waals surface area contributed by atoms with Crippen LogP contribution in [0.3, 0.4) is 0 Å². The maximum Gasteiger partial charge on any atom is 0.311 e. The van der Waals surface area contributed by atoms with Crippen LogP contribution in [0.1, 0.15) is 52.4 Å². The average Bonchev–Trinajstić information content (AvgIpc) is 3.04. The lowest BCUT2D eigenvalue weighted by atomic mass is 9.75. The van der Waals surface area contributed by atoms with Gasteiger partial charge in [0.05, 0.1) is 16.6 Å². The number of rotatable bonds is 9. The summed E-state index contributed by atoms with van der Waals surface area (Å²) in [5.41, 5.74) is 0. The number of ether oxygens (including phenoxy) is 1. The van der Waals surface area contributed by atoms with Crippen LogP contribution in [0.2, 0.25) is 0 Å². The summed E-state index contributed by atoms with van der Waals surface area (Å²) in [6, 6.07) is -0.626. The highest BCUT2D eigenvalue weighted by atomic mass is 32.2. The lowest BCUT2D eigenvalue weighted by Crippen LogP contribution is -2.53. The van der Waals surface area contributed by atoms with E-state index in [0.29, 0.717) is 26.1 Å². The second-order valence-corrected chi connectivity index (χ2v) is 11.5. The minimum absolute atomic E-state index is 0.0148. The molecule has 5 atom stereocenters. The van der Waals surface area contributed by atoms with Crippen molar-refractivity contribution in [2.45, 2.75) is 67.9 Å². The van der Waals surface area contributed by atoms with Gasteiger partial charge in [0, 0.05) is 31.0 Å². The van der Waals surface area contributed by atoms with Crippen LogP contribution < -0.4 is 0 Å². The summed E-state index contributed by atoms with van der Waals surface area (Å²) in [4.78, 5) is 44.6. The molecule has 8 heteroatoms. The monoisotopic (exact) mass is 476 g/mol. The molecule has 2 amide bonds. The number of amides is 2.